The molecule has 0 unspecified atom stereocenters. The van der Waals surface area contributed by atoms with Crippen LogP contribution < -0.4 is 5.32 Å². The van der Waals surface area contributed by atoms with Crippen LogP contribution in [0.2, 0.25) is 0 Å². The second-order valence-corrected chi connectivity index (χ2v) is 8.20. The fraction of sp³-hybridized carbons (Fsp3) is 0.389. The van der Waals surface area contributed by atoms with Gasteiger partial charge in [0.25, 0.3) is 0 Å². The molecule has 0 aliphatic carbocycles. The van der Waals surface area contributed by atoms with Crippen LogP contribution in [-0.4, -0.2) is 47.0 Å². The van der Waals surface area contributed by atoms with Gasteiger partial charge in [-0.1, -0.05) is 0 Å². The molecule has 25 heavy (non-hydrogen) atoms. The zero-order chi connectivity index (χ0) is 17.8. The number of thiophene rings is 1. The number of nitrogens with one attached hydrogen (secondary N) is 1. The first-order chi connectivity index (χ1) is 12.0. The zero-order valence-electron chi connectivity index (χ0n) is 15.0. The zero-order valence-corrected chi connectivity index (χ0v) is 16.7. The molecule has 132 valence electrons. The topological polar surface area (TPSA) is 53.9 Å². The van der Waals surface area contributed by atoms with E-state index in [1.807, 2.05) is 13.1 Å². The van der Waals surface area contributed by atoms with E-state index in [-0.39, 0.29) is 0 Å². The van der Waals surface area contributed by atoms with Crippen molar-refractivity contribution in [2.24, 2.45) is 0 Å². The van der Waals surface area contributed by atoms with E-state index in [9.17, 15) is 0 Å². The first-order valence-corrected chi connectivity index (χ1v) is 10.0. The van der Waals surface area contributed by atoms with Gasteiger partial charge < -0.3 is 10.2 Å². The van der Waals surface area contributed by atoms with Gasteiger partial charge in [-0.05, 0) is 63.3 Å². The van der Waals surface area contributed by atoms with Gasteiger partial charge in [0, 0.05) is 23.2 Å². The molecule has 5 nitrogen and oxygen atoms in total. The van der Waals surface area contributed by atoms with E-state index in [1.54, 1.807) is 22.7 Å². The van der Waals surface area contributed by atoms with Crippen molar-refractivity contribution in [2.45, 2.75) is 20.3 Å². The molecule has 3 aromatic heterocycles. The normalized spacial score (nSPS) is 11.2. The molecule has 0 aliphatic rings. The summed E-state index contributed by atoms with van der Waals surface area (Å²) in [7, 11) is 4.16. The summed E-state index contributed by atoms with van der Waals surface area (Å²) in [5, 5.41) is 8.49. The Balaban J connectivity index is 1.89. The van der Waals surface area contributed by atoms with Crippen LogP contribution in [-0.2, 0) is 0 Å². The lowest BCUT2D eigenvalue weighted by molar-refractivity contribution is 0.405. The van der Waals surface area contributed by atoms with Gasteiger partial charge in [0.15, 0.2) is 0 Å². The van der Waals surface area contributed by atoms with Crippen LogP contribution >= 0.6 is 22.7 Å². The van der Waals surface area contributed by atoms with Crippen molar-refractivity contribution in [1.82, 2.24) is 19.9 Å². The predicted octanol–water partition coefficient (Wildman–Crippen LogP) is 4.31. The van der Waals surface area contributed by atoms with Gasteiger partial charge >= 0.3 is 0 Å². The lowest BCUT2D eigenvalue weighted by Gasteiger charge is -2.11. The standard InChI is InChI=1S/C18H23N5S2/c1-12-13(2)25-17(21-12)16-15(14-6-9-24-11-14)10-20-18(22-16)19-7-5-8-23(3)4/h6,9-11H,5,7-8H2,1-4H3,(H,19,20,22). The van der Waals surface area contributed by atoms with Crippen molar-refractivity contribution in [3.63, 3.8) is 0 Å². The highest BCUT2D eigenvalue weighted by molar-refractivity contribution is 7.15. The Kier molecular flexibility index (Phi) is 5.78. The first-order valence-electron chi connectivity index (χ1n) is 8.27. The second kappa shape index (κ2) is 8.03. The molecule has 0 spiro atoms. The SMILES string of the molecule is Cc1nc(-c2nc(NCCCN(C)C)ncc2-c2ccsc2)sc1C. The Morgan fingerprint density at radius 2 is 2.04 bits per heavy atom. The molecule has 1 N–H and O–H groups in total. The van der Waals surface area contributed by atoms with Gasteiger partial charge in [0.05, 0.1) is 5.69 Å². The maximum Gasteiger partial charge on any atom is 0.223 e. The average Bonchev–Trinajstić information content (AvgIpc) is 3.22. The molecule has 0 fully saturated rings. The van der Waals surface area contributed by atoms with Crippen LogP contribution in [0.4, 0.5) is 5.95 Å². The Morgan fingerprint density at radius 3 is 2.68 bits per heavy atom. The van der Waals surface area contributed by atoms with Gasteiger partial charge in [0.2, 0.25) is 5.95 Å². The molecule has 0 atom stereocenters. The summed E-state index contributed by atoms with van der Waals surface area (Å²) in [6.45, 7) is 6.03. The summed E-state index contributed by atoms with van der Waals surface area (Å²) in [6, 6.07) is 2.10. The van der Waals surface area contributed by atoms with E-state index in [0.29, 0.717) is 5.95 Å². The summed E-state index contributed by atoms with van der Waals surface area (Å²) < 4.78 is 0. The number of rotatable bonds is 7. The number of nitrogens with zero attached hydrogens (tertiary/aromatic N) is 4. The third-order valence-electron chi connectivity index (χ3n) is 3.92. The largest absolute Gasteiger partial charge is 0.354 e. The molecule has 0 bridgehead atoms. The molecular formula is C18H23N5S2. The van der Waals surface area contributed by atoms with Crippen molar-refractivity contribution in [3.8, 4) is 21.8 Å². The van der Waals surface area contributed by atoms with Crippen molar-refractivity contribution in [2.75, 3.05) is 32.5 Å². The van der Waals surface area contributed by atoms with Crippen LogP contribution in [0.25, 0.3) is 21.8 Å². The van der Waals surface area contributed by atoms with Gasteiger partial charge in [0.1, 0.15) is 10.7 Å². The van der Waals surface area contributed by atoms with E-state index in [2.05, 4.69) is 53.0 Å². The Bertz CT molecular complexity index is 805. The minimum absolute atomic E-state index is 0.665. The van der Waals surface area contributed by atoms with Gasteiger partial charge in [-0.3, -0.25) is 0 Å². The molecule has 0 aliphatic heterocycles. The third-order valence-corrected chi connectivity index (χ3v) is 5.68. The molecule has 0 saturated carbocycles. The highest BCUT2D eigenvalue weighted by atomic mass is 32.1. The van der Waals surface area contributed by atoms with E-state index in [4.69, 9.17) is 9.97 Å². The Labute approximate surface area is 156 Å². The van der Waals surface area contributed by atoms with Crippen molar-refractivity contribution in [1.29, 1.82) is 0 Å². The number of aryl methyl sites for hydroxylation is 2. The van der Waals surface area contributed by atoms with Crippen LogP contribution in [0.5, 0.6) is 0 Å². The first kappa shape index (κ1) is 18.0. The smallest absolute Gasteiger partial charge is 0.223 e. The summed E-state index contributed by atoms with van der Waals surface area (Å²) in [5.41, 5.74) is 4.15. The molecule has 3 aromatic rings. The summed E-state index contributed by atoms with van der Waals surface area (Å²) >= 11 is 3.36. The molecule has 0 amide bonds. The molecule has 0 saturated heterocycles. The molecular weight excluding hydrogens is 350 g/mol. The van der Waals surface area contributed by atoms with Crippen molar-refractivity contribution < 1.29 is 0 Å². The van der Waals surface area contributed by atoms with Crippen LogP contribution in [0, 0.1) is 13.8 Å². The molecule has 0 aromatic carbocycles. The Morgan fingerprint density at radius 1 is 1.20 bits per heavy atom. The molecule has 3 heterocycles. The van der Waals surface area contributed by atoms with E-state index in [0.717, 1.165) is 47.0 Å². The fourth-order valence-corrected chi connectivity index (χ4v) is 4.00. The average molecular weight is 374 g/mol. The minimum atomic E-state index is 0.665. The van der Waals surface area contributed by atoms with Crippen molar-refractivity contribution in [3.05, 3.63) is 33.6 Å². The number of aromatic nitrogens is 3. The van der Waals surface area contributed by atoms with Crippen molar-refractivity contribution >= 4 is 28.6 Å². The number of anilines is 1. The Hall–Kier alpha value is -1.83. The maximum absolute atomic E-state index is 4.79. The summed E-state index contributed by atoms with van der Waals surface area (Å²) in [6.07, 6.45) is 2.96. The van der Waals surface area contributed by atoms with Gasteiger partial charge in [-0.25, -0.2) is 15.0 Å². The third kappa shape index (κ3) is 4.42. The van der Waals surface area contributed by atoms with E-state index in [1.165, 1.54) is 4.88 Å². The monoisotopic (exact) mass is 373 g/mol. The summed E-state index contributed by atoms with van der Waals surface area (Å²) in [4.78, 5) is 17.4. The van der Waals surface area contributed by atoms with Crippen LogP contribution in [0.15, 0.2) is 23.0 Å². The lowest BCUT2D eigenvalue weighted by atomic mass is 10.1. The van der Waals surface area contributed by atoms with Crippen LogP contribution in [0.3, 0.4) is 0 Å². The van der Waals surface area contributed by atoms with Gasteiger partial charge in [-0.2, -0.15) is 11.3 Å². The second-order valence-electron chi connectivity index (χ2n) is 6.21. The van der Waals surface area contributed by atoms with E-state index < -0.39 is 0 Å². The molecule has 7 heteroatoms. The predicted molar refractivity (Wildman–Crippen MR) is 108 cm³/mol. The summed E-state index contributed by atoms with van der Waals surface area (Å²) in [5.74, 6) is 0.665. The quantitative estimate of drug-likeness (QED) is 0.626. The van der Waals surface area contributed by atoms with Crippen LogP contribution in [0.1, 0.15) is 17.0 Å². The highest BCUT2D eigenvalue weighted by Gasteiger charge is 2.16. The fourth-order valence-electron chi connectivity index (χ4n) is 2.43. The highest BCUT2D eigenvalue weighted by Crippen LogP contribution is 2.35. The lowest BCUT2D eigenvalue weighted by Crippen LogP contribution is -2.17. The number of hydrogen-bond acceptors (Lipinski definition) is 7. The maximum atomic E-state index is 4.79. The molecule has 0 radical (unpaired) electrons. The van der Waals surface area contributed by atoms with Gasteiger partial charge in [-0.15, -0.1) is 11.3 Å². The van der Waals surface area contributed by atoms with E-state index >= 15 is 0 Å². The minimum Gasteiger partial charge on any atom is -0.354 e. The number of hydrogen-bond donors (Lipinski definition) is 1. The number of thiazole rings is 1. The molecule has 3 rings (SSSR count).